The molecule has 0 amide bonds. The van der Waals surface area contributed by atoms with E-state index in [9.17, 15) is 0 Å². The van der Waals surface area contributed by atoms with Crippen LogP contribution < -0.4 is 5.73 Å². The van der Waals surface area contributed by atoms with E-state index in [4.69, 9.17) is 14.9 Å². The summed E-state index contributed by atoms with van der Waals surface area (Å²) in [6.45, 7) is 2.62. The van der Waals surface area contributed by atoms with Crippen molar-refractivity contribution in [2.24, 2.45) is 5.73 Å². The molecular weight excluding hydrogens is 166 g/mol. The fourth-order valence-corrected chi connectivity index (χ4v) is 1.27. The first kappa shape index (κ1) is 10.3. The van der Waals surface area contributed by atoms with Gasteiger partial charge in [0, 0.05) is 7.11 Å². The molecule has 0 aliphatic rings. The minimum Gasteiger partial charge on any atom is -0.462 e. The highest BCUT2D eigenvalue weighted by atomic mass is 16.5. The van der Waals surface area contributed by atoms with Crippen LogP contribution in [0.3, 0.4) is 0 Å². The quantitative estimate of drug-likeness (QED) is 0.761. The first-order chi connectivity index (χ1) is 6.27. The van der Waals surface area contributed by atoms with Crippen molar-refractivity contribution < 1.29 is 9.15 Å². The van der Waals surface area contributed by atoms with E-state index in [1.54, 1.807) is 7.11 Å². The monoisotopic (exact) mass is 183 g/mol. The van der Waals surface area contributed by atoms with E-state index in [-0.39, 0.29) is 6.04 Å². The summed E-state index contributed by atoms with van der Waals surface area (Å²) in [5.74, 6) is 1.69. The van der Waals surface area contributed by atoms with Gasteiger partial charge in [-0.2, -0.15) is 0 Å². The Kier molecular flexibility index (Phi) is 3.99. The fraction of sp³-hybridized carbons (Fsp3) is 0.600. The van der Waals surface area contributed by atoms with Crippen molar-refractivity contribution in [2.75, 3.05) is 7.11 Å². The average molecular weight is 183 g/mol. The number of furan rings is 1. The fourth-order valence-electron chi connectivity index (χ4n) is 1.27. The molecule has 3 nitrogen and oxygen atoms in total. The second-order valence-electron chi connectivity index (χ2n) is 3.13. The predicted octanol–water partition coefficient (Wildman–Crippen LogP) is 2.23. The van der Waals surface area contributed by atoms with Crippen LogP contribution in [0.15, 0.2) is 16.5 Å². The summed E-state index contributed by atoms with van der Waals surface area (Å²) in [6, 6.07) is 3.86. The molecule has 0 saturated carbocycles. The zero-order valence-corrected chi connectivity index (χ0v) is 8.25. The zero-order valence-electron chi connectivity index (χ0n) is 8.25. The molecule has 0 bridgehead atoms. The van der Waals surface area contributed by atoms with Gasteiger partial charge in [0.15, 0.2) is 0 Å². The molecule has 0 saturated heterocycles. The molecular formula is C10H17NO2. The Hall–Kier alpha value is -0.800. The second kappa shape index (κ2) is 5.04. The summed E-state index contributed by atoms with van der Waals surface area (Å²) in [5, 5.41) is 0. The van der Waals surface area contributed by atoms with Crippen LogP contribution in [0, 0.1) is 0 Å². The molecule has 0 aliphatic carbocycles. The highest BCUT2D eigenvalue weighted by Gasteiger charge is 2.09. The van der Waals surface area contributed by atoms with Gasteiger partial charge in [0.25, 0.3) is 0 Å². The van der Waals surface area contributed by atoms with Crippen molar-refractivity contribution >= 4 is 0 Å². The van der Waals surface area contributed by atoms with E-state index < -0.39 is 0 Å². The molecule has 1 atom stereocenters. The summed E-state index contributed by atoms with van der Waals surface area (Å²) in [4.78, 5) is 0. The summed E-state index contributed by atoms with van der Waals surface area (Å²) < 4.78 is 10.4. The molecule has 1 rings (SSSR count). The maximum Gasteiger partial charge on any atom is 0.129 e. The highest BCUT2D eigenvalue weighted by molar-refractivity contribution is 5.09. The Labute approximate surface area is 78.9 Å². The standard InChI is InChI=1S/C10H17NO2/c1-3-4-9(11)10-6-5-8(13-10)7-12-2/h5-6,9H,3-4,7,11H2,1-2H3. The van der Waals surface area contributed by atoms with E-state index >= 15 is 0 Å². The van der Waals surface area contributed by atoms with Gasteiger partial charge in [-0.05, 0) is 18.6 Å². The summed E-state index contributed by atoms with van der Waals surface area (Å²) in [6.07, 6.45) is 2.03. The van der Waals surface area contributed by atoms with Gasteiger partial charge in [-0.3, -0.25) is 0 Å². The van der Waals surface area contributed by atoms with E-state index in [0.29, 0.717) is 6.61 Å². The molecule has 0 aromatic carbocycles. The van der Waals surface area contributed by atoms with Crippen LogP contribution in [-0.2, 0) is 11.3 Å². The first-order valence-electron chi connectivity index (χ1n) is 4.61. The Balaban J connectivity index is 2.56. The van der Waals surface area contributed by atoms with Crippen molar-refractivity contribution in [2.45, 2.75) is 32.4 Å². The molecule has 1 heterocycles. The molecule has 0 fully saturated rings. The smallest absolute Gasteiger partial charge is 0.129 e. The average Bonchev–Trinajstić information content (AvgIpc) is 2.54. The zero-order chi connectivity index (χ0) is 9.68. The Morgan fingerprint density at radius 2 is 2.31 bits per heavy atom. The van der Waals surface area contributed by atoms with Crippen LogP contribution in [-0.4, -0.2) is 7.11 Å². The van der Waals surface area contributed by atoms with Gasteiger partial charge in [-0.15, -0.1) is 0 Å². The van der Waals surface area contributed by atoms with Crippen molar-refractivity contribution in [3.05, 3.63) is 23.7 Å². The molecule has 1 aromatic heterocycles. The lowest BCUT2D eigenvalue weighted by molar-refractivity contribution is 0.162. The maximum absolute atomic E-state index is 5.88. The van der Waals surface area contributed by atoms with Crippen molar-refractivity contribution in [1.82, 2.24) is 0 Å². The van der Waals surface area contributed by atoms with Gasteiger partial charge < -0.3 is 14.9 Å². The Morgan fingerprint density at radius 1 is 1.54 bits per heavy atom. The molecule has 0 aliphatic heterocycles. The third-order valence-corrected chi connectivity index (χ3v) is 1.93. The third kappa shape index (κ3) is 2.86. The molecule has 1 unspecified atom stereocenters. The van der Waals surface area contributed by atoms with Gasteiger partial charge in [0.05, 0.1) is 6.04 Å². The molecule has 2 N–H and O–H groups in total. The predicted molar refractivity (Wildman–Crippen MR) is 51.3 cm³/mol. The molecule has 0 radical (unpaired) electrons. The lowest BCUT2D eigenvalue weighted by Crippen LogP contribution is -2.08. The molecule has 0 spiro atoms. The number of rotatable bonds is 5. The largest absolute Gasteiger partial charge is 0.462 e. The van der Waals surface area contributed by atoms with Crippen LogP contribution in [0.25, 0.3) is 0 Å². The number of nitrogens with two attached hydrogens (primary N) is 1. The lowest BCUT2D eigenvalue weighted by atomic mass is 10.1. The minimum absolute atomic E-state index is 0.0237. The Bertz CT molecular complexity index is 245. The van der Waals surface area contributed by atoms with Crippen LogP contribution in [0.1, 0.15) is 37.3 Å². The Morgan fingerprint density at radius 3 is 2.92 bits per heavy atom. The number of ether oxygens (including phenoxy) is 1. The third-order valence-electron chi connectivity index (χ3n) is 1.93. The number of methoxy groups -OCH3 is 1. The molecule has 1 aromatic rings. The van der Waals surface area contributed by atoms with Gasteiger partial charge in [-0.1, -0.05) is 13.3 Å². The number of hydrogen-bond acceptors (Lipinski definition) is 3. The van der Waals surface area contributed by atoms with E-state index in [0.717, 1.165) is 24.4 Å². The molecule has 3 heteroatoms. The maximum atomic E-state index is 5.88. The van der Waals surface area contributed by atoms with Crippen LogP contribution >= 0.6 is 0 Å². The van der Waals surface area contributed by atoms with Gasteiger partial charge in [-0.25, -0.2) is 0 Å². The van der Waals surface area contributed by atoms with Gasteiger partial charge in [0.1, 0.15) is 18.1 Å². The van der Waals surface area contributed by atoms with Crippen LogP contribution in [0.4, 0.5) is 0 Å². The SMILES string of the molecule is CCCC(N)c1ccc(COC)o1. The van der Waals surface area contributed by atoms with Crippen molar-refractivity contribution in [3.8, 4) is 0 Å². The summed E-state index contributed by atoms with van der Waals surface area (Å²) >= 11 is 0. The lowest BCUT2D eigenvalue weighted by Gasteiger charge is -2.05. The summed E-state index contributed by atoms with van der Waals surface area (Å²) in [7, 11) is 1.65. The second-order valence-corrected chi connectivity index (χ2v) is 3.13. The minimum atomic E-state index is 0.0237. The topological polar surface area (TPSA) is 48.4 Å². The van der Waals surface area contributed by atoms with Gasteiger partial charge >= 0.3 is 0 Å². The van der Waals surface area contributed by atoms with Gasteiger partial charge in [0.2, 0.25) is 0 Å². The first-order valence-corrected chi connectivity index (χ1v) is 4.61. The van der Waals surface area contributed by atoms with E-state index in [2.05, 4.69) is 6.92 Å². The van der Waals surface area contributed by atoms with Crippen molar-refractivity contribution in [3.63, 3.8) is 0 Å². The normalized spacial score (nSPS) is 13.2. The van der Waals surface area contributed by atoms with E-state index in [1.807, 2.05) is 12.1 Å². The van der Waals surface area contributed by atoms with Crippen LogP contribution in [0.2, 0.25) is 0 Å². The van der Waals surface area contributed by atoms with Crippen molar-refractivity contribution in [1.29, 1.82) is 0 Å². The van der Waals surface area contributed by atoms with Crippen LogP contribution in [0.5, 0.6) is 0 Å². The number of hydrogen-bond donors (Lipinski definition) is 1. The molecule has 74 valence electrons. The molecule has 13 heavy (non-hydrogen) atoms. The summed E-state index contributed by atoms with van der Waals surface area (Å²) in [5.41, 5.74) is 5.88. The highest BCUT2D eigenvalue weighted by Crippen LogP contribution is 2.18. The van der Waals surface area contributed by atoms with E-state index in [1.165, 1.54) is 0 Å².